The molecule has 2 aromatic rings. The van der Waals surface area contributed by atoms with Gasteiger partial charge in [0.1, 0.15) is 0 Å². The maximum atomic E-state index is 13.2. The second-order valence-corrected chi connectivity index (χ2v) is 13.3. The molecular weight excluding hydrogens is 458 g/mol. The number of nitrogens with one attached hydrogen (secondary N) is 1. The zero-order valence-corrected chi connectivity index (χ0v) is 21.8. The van der Waals surface area contributed by atoms with Crippen molar-refractivity contribution in [2.75, 3.05) is 18.4 Å². The van der Waals surface area contributed by atoms with Crippen LogP contribution in [0.25, 0.3) is 0 Å². The summed E-state index contributed by atoms with van der Waals surface area (Å²) in [7, 11) is -3.66. The van der Waals surface area contributed by atoms with E-state index in [-0.39, 0.29) is 27.9 Å². The highest BCUT2D eigenvalue weighted by Gasteiger charge is 2.34. The zero-order valence-electron chi connectivity index (χ0n) is 20.1. The quantitative estimate of drug-likeness (QED) is 0.569. The Kier molecular flexibility index (Phi) is 7.45. The fourth-order valence-corrected chi connectivity index (χ4v) is 6.64. The van der Waals surface area contributed by atoms with Crippen LogP contribution in [0.5, 0.6) is 0 Å². The number of thiazole rings is 1. The maximum absolute atomic E-state index is 13.2. The third-order valence-electron chi connectivity index (χ3n) is 5.35. The molecule has 180 valence electrons. The van der Waals surface area contributed by atoms with Gasteiger partial charge in [0, 0.05) is 25.1 Å². The number of carbonyl (C=O) groups excluding carboxylic acids is 2. The number of aromatic nitrogens is 1. The molecule has 0 atom stereocenters. The smallest absolute Gasteiger partial charge is 0.257 e. The predicted octanol–water partition coefficient (Wildman–Crippen LogP) is 4.85. The molecule has 3 rings (SSSR count). The Labute approximate surface area is 200 Å². The highest BCUT2D eigenvalue weighted by molar-refractivity contribution is 7.89. The van der Waals surface area contributed by atoms with Crippen LogP contribution < -0.4 is 5.32 Å². The number of sulfonamides is 1. The molecular formula is C24H33N3O4S2. The first-order valence-electron chi connectivity index (χ1n) is 11.2. The van der Waals surface area contributed by atoms with Crippen molar-refractivity contribution < 1.29 is 18.0 Å². The SMILES string of the molecule is CC(C)CN(CC(C)C)S(=O)(=O)c1ccc(C(=O)Nc2nc3c(s2)C(=O)CC(C)(C)C3)cc1. The molecule has 0 spiro atoms. The molecule has 1 aromatic heterocycles. The first-order valence-corrected chi connectivity index (χ1v) is 13.5. The van der Waals surface area contributed by atoms with Crippen molar-refractivity contribution in [1.29, 1.82) is 0 Å². The molecule has 1 heterocycles. The Morgan fingerprint density at radius 1 is 1.09 bits per heavy atom. The van der Waals surface area contributed by atoms with Gasteiger partial charge in [0.15, 0.2) is 10.9 Å². The highest BCUT2D eigenvalue weighted by atomic mass is 32.2. The lowest BCUT2D eigenvalue weighted by Crippen LogP contribution is -2.37. The average Bonchev–Trinajstić information content (AvgIpc) is 3.08. The molecule has 1 aliphatic rings. The summed E-state index contributed by atoms with van der Waals surface area (Å²) in [5.41, 5.74) is 0.918. The van der Waals surface area contributed by atoms with Crippen LogP contribution in [0.2, 0.25) is 0 Å². The molecule has 0 radical (unpaired) electrons. The van der Waals surface area contributed by atoms with Gasteiger partial charge in [-0.25, -0.2) is 13.4 Å². The number of ketones is 1. The fourth-order valence-electron chi connectivity index (χ4n) is 3.96. The number of hydrogen-bond donors (Lipinski definition) is 1. The van der Waals surface area contributed by atoms with E-state index in [0.29, 0.717) is 41.5 Å². The van der Waals surface area contributed by atoms with Crippen LogP contribution >= 0.6 is 11.3 Å². The summed E-state index contributed by atoms with van der Waals surface area (Å²) < 4.78 is 27.8. The summed E-state index contributed by atoms with van der Waals surface area (Å²) in [5, 5.41) is 3.14. The van der Waals surface area contributed by atoms with Gasteiger partial charge in [-0.2, -0.15) is 4.31 Å². The van der Waals surface area contributed by atoms with Gasteiger partial charge in [0.05, 0.1) is 15.5 Å². The van der Waals surface area contributed by atoms with E-state index in [1.165, 1.54) is 39.9 Å². The van der Waals surface area contributed by atoms with Gasteiger partial charge in [-0.05, 0) is 47.9 Å². The first-order chi connectivity index (χ1) is 15.3. The van der Waals surface area contributed by atoms with Gasteiger partial charge in [-0.1, -0.05) is 52.9 Å². The molecule has 9 heteroatoms. The van der Waals surface area contributed by atoms with Gasteiger partial charge in [-0.15, -0.1) is 0 Å². The van der Waals surface area contributed by atoms with Crippen LogP contribution in [0.3, 0.4) is 0 Å². The summed E-state index contributed by atoms with van der Waals surface area (Å²) >= 11 is 1.19. The lowest BCUT2D eigenvalue weighted by atomic mass is 9.78. The molecule has 0 saturated carbocycles. The fraction of sp³-hybridized carbons (Fsp3) is 0.542. The molecule has 1 N–H and O–H groups in total. The number of rotatable bonds is 8. The van der Waals surface area contributed by atoms with Crippen molar-refractivity contribution in [1.82, 2.24) is 9.29 Å². The summed E-state index contributed by atoms with van der Waals surface area (Å²) in [5.74, 6) is 0.0643. The molecule has 33 heavy (non-hydrogen) atoms. The summed E-state index contributed by atoms with van der Waals surface area (Å²) in [6.45, 7) is 12.9. The summed E-state index contributed by atoms with van der Waals surface area (Å²) in [6, 6.07) is 5.95. The van der Waals surface area contributed by atoms with E-state index in [4.69, 9.17) is 0 Å². The molecule has 0 saturated heterocycles. The van der Waals surface area contributed by atoms with Crippen LogP contribution in [0.4, 0.5) is 5.13 Å². The Morgan fingerprint density at radius 2 is 1.67 bits per heavy atom. The van der Waals surface area contributed by atoms with E-state index in [0.717, 1.165) is 5.69 Å². The van der Waals surface area contributed by atoms with Gasteiger partial charge in [-0.3, -0.25) is 14.9 Å². The van der Waals surface area contributed by atoms with Crippen LogP contribution in [0, 0.1) is 17.3 Å². The number of nitrogens with zero attached hydrogens (tertiary/aromatic N) is 2. The second kappa shape index (κ2) is 9.64. The largest absolute Gasteiger partial charge is 0.298 e. The third-order valence-corrected chi connectivity index (χ3v) is 8.25. The zero-order chi connectivity index (χ0) is 24.6. The number of Topliss-reactive ketones (excluding diaryl/α,β-unsaturated/α-hetero) is 1. The van der Waals surface area contributed by atoms with Crippen LogP contribution in [-0.4, -0.2) is 42.5 Å². The topological polar surface area (TPSA) is 96.4 Å². The summed E-state index contributed by atoms with van der Waals surface area (Å²) in [4.78, 5) is 30.4. The van der Waals surface area contributed by atoms with Crippen molar-refractivity contribution in [3.8, 4) is 0 Å². The standard InChI is InChI=1S/C24H33N3O4S2/c1-15(2)13-27(14-16(3)4)33(30,31)18-9-7-17(8-10-18)22(29)26-23-25-19-11-24(5,6)12-20(28)21(19)32-23/h7-10,15-16H,11-14H2,1-6H3,(H,25,26,29). The number of fused-ring (bicyclic) bond motifs is 1. The average molecular weight is 492 g/mol. The Bertz CT molecular complexity index is 1120. The molecule has 0 aliphatic heterocycles. The lowest BCUT2D eigenvalue weighted by Gasteiger charge is -2.26. The van der Waals surface area contributed by atoms with Crippen molar-refractivity contribution in [2.45, 2.75) is 59.3 Å². The first kappa shape index (κ1) is 25.5. The van der Waals surface area contributed by atoms with E-state index in [1.54, 1.807) is 0 Å². The molecule has 1 aliphatic carbocycles. The minimum absolute atomic E-state index is 0.0566. The monoisotopic (exact) mass is 491 g/mol. The van der Waals surface area contributed by atoms with Gasteiger partial charge >= 0.3 is 0 Å². The van der Waals surface area contributed by atoms with E-state index < -0.39 is 15.9 Å². The van der Waals surface area contributed by atoms with Gasteiger partial charge < -0.3 is 0 Å². The molecule has 0 unspecified atom stereocenters. The van der Waals surface area contributed by atoms with Gasteiger partial charge in [0.2, 0.25) is 10.0 Å². The van der Waals surface area contributed by atoms with E-state index in [9.17, 15) is 18.0 Å². The van der Waals surface area contributed by atoms with Crippen molar-refractivity contribution >= 4 is 38.2 Å². The molecule has 7 nitrogen and oxygen atoms in total. The minimum Gasteiger partial charge on any atom is -0.298 e. The van der Waals surface area contributed by atoms with Crippen molar-refractivity contribution in [3.63, 3.8) is 0 Å². The van der Waals surface area contributed by atoms with Crippen LogP contribution in [0.1, 0.15) is 73.7 Å². The number of benzene rings is 1. The molecule has 0 fully saturated rings. The lowest BCUT2D eigenvalue weighted by molar-refractivity contribution is 0.0915. The highest BCUT2D eigenvalue weighted by Crippen LogP contribution is 2.38. The molecule has 1 amide bonds. The van der Waals surface area contributed by atoms with Crippen molar-refractivity contribution in [3.05, 3.63) is 40.4 Å². The molecule has 1 aromatic carbocycles. The minimum atomic E-state index is -3.66. The van der Waals surface area contributed by atoms with E-state index >= 15 is 0 Å². The van der Waals surface area contributed by atoms with Crippen LogP contribution in [-0.2, 0) is 16.4 Å². The van der Waals surface area contributed by atoms with Gasteiger partial charge in [0.25, 0.3) is 5.91 Å². The second-order valence-electron chi connectivity index (χ2n) is 10.3. The normalized spacial score (nSPS) is 15.8. The van der Waals surface area contributed by atoms with Crippen LogP contribution in [0.15, 0.2) is 29.2 Å². The predicted molar refractivity (Wildman–Crippen MR) is 131 cm³/mol. The Hall–Kier alpha value is -2.10. The molecule has 0 bridgehead atoms. The Morgan fingerprint density at radius 3 is 2.21 bits per heavy atom. The summed E-state index contributed by atoms with van der Waals surface area (Å²) in [6.07, 6.45) is 1.16. The number of hydrogen-bond acceptors (Lipinski definition) is 6. The number of anilines is 1. The Balaban J connectivity index is 1.76. The third kappa shape index (κ3) is 6.07. The number of carbonyl (C=O) groups is 2. The van der Waals surface area contributed by atoms with Crippen molar-refractivity contribution in [2.24, 2.45) is 17.3 Å². The maximum Gasteiger partial charge on any atom is 0.257 e. The van der Waals surface area contributed by atoms with E-state index in [1.807, 2.05) is 41.5 Å². The van der Waals surface area contributed by atoms with E-state index in [2.05, 4.69) is 10.3 Å². The number of amides is 1.